The van der Waals surface area contributed by atoms with E-state index in [0.717, 1.165) is 56.9 Å². The van der Waals surface area contributed by atoms with E-state index in [1.54, 1.807) is 12.1 Å². The van der Waals surface area contributed by atoms with Crippen molar-refractivity contribution in [2.45, 2.75) is 83.7 Å². The molecular weight excluding hydrogens is 363 g/mol. The van der Waals surface area contributed by atoms with Gasteiger partial charge in [-0.05, 0) is 75.2 Å². The van der Waals surface area contributed by atoms with E-state index in [1.807, 2.05) is 6.07 Å². The highest BCUT2D eigenvalue weighted by atomic mass is 19.1. The molecule has 29 heavy (non-hydrogen) atoms. The zero-order valence-electron chi connectivity index (χ0n) is 18.2. The number of likely N-dealkylation sites (tertiary alicyclic amines) is 2. The van der Waals surface area contributed by atoms with Crippen molar-refractivity contribution in [1.82, 2.24) is 9.80 Å². The Morgan fingerprint density at radius 2 is 1.86 bits per heavy atom. The van der Waals surface area contributed by atoms with Crippen LogP contribution in [0.3, 0.4) is 0 Å². The van der Waals surface area contributed by atoms with Gasteiger partial charge in [-0.15, -0.1) is 0 Å². The molecule has 3 nitrogen and oxygen atoms in total. The maximum Gasteiger partial charge on any atom is 0.229 e. The molecule has 1 aromatic rings. The summed E-state index contributed by atoms with van der Waals surface area (Å²) in [4.78, 5) is 18.4. The number of hydrogen-bond donors (Lipinski definition) is 0. The Bertz CT molecular complexity index is 705. The van der Waals surface area contributed by atoms with Crippen molar-refractivity contribution in [1.29, 1.82) is 0 Å². The number of halogens is 1. The van der Waals surface area contributed by atoms with Crippen molar-refractivity contribution in [3.05, 3.63) is 35.6 Å². The van der Waals surface area contributed by atoms with Crippen LogP contribution in [0.1, 0.15) is 70.8 Å². The van der Waals surface area contributed by atoms with Crippen LogP contribution in [0.15, 0.2) is 24.3 Å². The zero-order chi connectivity index (χ0) is 20.4. The van der Waals surface area contributed by atoms with Crippen molar-refractivity contribution >= 4 is 5.91 Å². The molecule has 4 rings (SSSR count). The average Bonchev–Trinajstić information content (AvgIpc) is 2.94. The summed E-state index contributed by atoms with van der Waals surface area (Å²) in [7, 11) is 0. The highest BCUT2D eigenvalue weighted by Crippen LogP contribution is 2.46. The van der Waals surface area contributed by atoms with Crippen molar-refractivity contribution in [3.8, 4) is 0 Å². The molecule has 2 aliphatic heterocycles. The van der Waals surface area contributed by atoms with Gasteiger partial charge in [0, 0.05) is 18.6 Å². The molecule has 1 spiro atoms. The SMILES string of the molecule is CC(C)CN1C(=O)C2(CCN(C3CCCCC3)CC2)CC1Cc1cccc(F)c1. The van der Waals surface area contributed by atoms with Crippen molar-refractivity contribution in [3.63, 3.8) is 0 Å². The molecule has 0 radical (unpaired) electrons. The van der Waals surface area contributed by atoms with Gasteiger partial charge in [-0.1, -0.05) is 45.2 Å². The molecule has 2 saturated heterocycles. The summed E-state index contributed by atoms with van der Waals surface area (Å²) in [6.45, 7) is 7.32. The van der Waals surface area contributed by atoms with Gasteiger partial charge in [0.05, 0.1) is 5.41 Å². The van der Waals surface area contributed by atoms with E-state index in [9.17, 15) is 9.18 Å². The molecule has 160 valence electrons. The lowest BCUT2D eigenvalue weighted by molar-refractivity contribution is -0.139. The molecule has 1 aromatic carbocycles. The molecule has 1 aliphatic carbocycles. The van der Waals surface area contributed by atoms with Crippen molar-refractivity contribution in [2.75, 3.05) is 19.6 Å². The van der Waals surface area contributed by atoms with Gasteiger partial charge in [-0.25, -0.2) is 4.39 Å². The van der Waals surface area contributed by atoms with E-state index in [1.165, 1.54) is 38.2 Å². The molecule has 1 atom stereocenters. The van der Waals surface area contributed by atoms with E-state index in [2.05, 4.69) is 23.6 Å². The van der Waals surface area contributed by atoms with Crippen molar-refractivity contribution in [2.24, 2.45) is 11.3 Å². The highest BCUT2D eigenvalue weighted by molar-refractivity contribution is 5.85. The van der Waals surface area contributed by atoms with Gasteiger partial charge < -0.3 is 9.80 Å². The number of piperidine rings is 1. The molecule has 4 heteroatoms. The van der Waals surface area contributed by atoms with Crippen molar-refractivity contribution < 1.29 is 9.18 Å². The molecule has 0 bridgehead atoms. The van der Waals surface area contributed by atoms with Gasteiger partial charge in [0.1, 0.15) is 5.82 Å². The van der Waals surface area contributed by atoms with E-state index in [4.69, 9.17) is 0 Å². The summed E-state index contributed by atoms with van der Waals surface area (Å²) in [6.07, 6.45) is 10.5. The largest absolute Gasteiger partial charge is 0.339 e. The molecule has 1 amide bonds. The van der Waals surface area contributed by atoms with Crippen LogP contribution in [0, 0.1) is 17.2 Å². The number of hydrogen-bond acceptors (Lipinski definition) is 2. The number of carbonyl (C=O) groups is 1. The van der Waals surface area contributed by atoms with Gasteiger partial charge in [0.15, 0.2) is 0 Å². The van der Waals surface area contributed by atoms with Crippen LogP contribution >= 0.6 is 0 Å². The molecule has 3 aliphatic rings. The smallest absolute Gasteiger partial charge is 0.229 e. The lowest BCUT2D eigenvalue weighted by Gasteiger charge is -2.42. The minimum absolute atomic E-state index is 0.182. The summed E-state index contributed by atoms with van der Waals surface area (Å²) in [5, 5.41) is 0. The Balaban J connectivity index is 1.47. The van der Waals surface area contributed by atoms with E-state index >= 15 is 0 Å². The minimum atomic E-state index is -0.183. The maximum absolute atomic E-state index is 13.7. The lowest BCUT2D eigenvalue weighted by Crippen LogP contribution is -2.48. The fraction of sp³-hybridized carbons (Fsp3) is 0.720. The first kappa shape index (κ1) is 20.8. The fourth-order valence-electron chi connectivity index (χ4n) is 6.04. The summed E-state index contributed by atoms with van der Waals surface area (Å²) < 4.78 is 13.7. The van der Waals surface area contributed by atoms with Crippen LogP contribution in [0.25, 0.3) is 0 Å². The summed E-state index contributed by atoms with van der Waals surface area (Å²) in [5.41, 5.74) is 0.825. The van der Waals surface area contributed by atoms with Gasteiger partial charge in [0.2, 0.25) is 5.91 Å². The number of amides is 1. The monoisotopic (exact) mass is 400 g/mol. The number of benzene rings is 1. The standard InChI is InChI=1S/C25H37FN2O/c1-19(2)18-28-23(16-20-7-6-8-21(26)15-20)17-25(24(28)29)11-13-27(14-12-25)22-9-4-3-5-10-22/h6-8,15,19,22-23H,3-5,9-14,16-18H2,1-2H3. The lowest BCUT2D eigenvalue weighted by atomic mass is 9.75. The minimum Gasteiger partial charge on any atom is -0.339 e. The van der Waals surface area contributed by atoms with Crippen LogP contribution < -0.4 is 0 Å². The van der Waals surface area contributed by atoms with Crippen LogP contribution in [0.2, 0.25) is 0 Å². The Hall–Kier alpha value is -1.42. The van der Waals surface area contributed by atoms with Gasteiger partial charge >= 0.3 is 0 Å². The number of rotatable bonds is 5. The molecule has 1 unspecified atom stereocenters. The molecule has 3 fully saturated rings. The predicted molar refractivity (Wildman–Crippen MR) is 115 cm³/mol. The highest BCUT2D eigenvalue weighted by Gasteiger charge is 2.52. The maximum atomic E-state index is 13.7. The van der Waals surface area contributed by atoms with Crippen LogP contribution in [-0.4, -0.2) is 47.4 Å². The molecule has 2 heterocycles. The van der Waals surface area contributed by atoms with Crippen LogP contribution in [0.4, 0.5) is 4.39 Å². The quantitative estimate of drug-likeness (QED) is 0.691. The third-order valence-electron chi connectivity index (χ3n) is 7.55. The van der Waals surface area contributed by atoms with Gasteiger partial charge in [-0.3, -0.25) is 4.79 Å². The van der Waals surface area contributed by atoms with Crippen LogP contribution in [-0.2, 0) is 11.2 Å². The number of carbonyl (C=O) groups excluding carboxylic acids is 1. The first-order valence-corrected chi connectivity index (χ1v) is 11.8. The zero-order valence-corrected chi connectivity index (χ0v) is 18.2. The van der Waals surface area contributed by atoms with E-state index < -0.39 is 0 Å². The second-order valence-corrected chi connectivity index (χ2v) is 10.2. The summed E-state index contributed by atoms with van der Waals surface area (Å²) >= 11 is 0. The first-order valence-electron chi connectivity index (χ1n) is 11.8. The average molecular weight is 401 g/mol. The molecule has 0 N–H and O–H groups in total. The third kappa shape index (κ3) is 4.52. The molecule has 0 aromatic heterocycles. The Kier molecular flexibility index (Phi) is 6.29. The van der Waals surface area contributed by atoms with E-state index in [-0.39, 0.29) is 17.3 Å². The fourth-order valence-corrected chi connectivity index (χ4v) is 6.04. The first-order chi connectivity index (χ1) is 14.0. The normalized spacial score (nSPS) is 26.0. The molecular formula is C25H37FN2O. The molecule has 1 saturated carbocycles. The summed E-state index contributed by atoms with van der Waals surface area (Å²) in [5.74, 6) is 0.639. The van der Waals surface area contributed by atoms with Gasteiger partial charge in [0.25, 0.3) is 0 Å². The van der Waals surface area contributed by atoms with Crippen LogP contribution in [0.5, 0.6) is 0 Å². The Morgan fingerprint density at radius 3 is 2.52 bits per heavy atom. The Morgan fingerprint density at radius 1 is 1.14 bits per heavy atom. The predicted octanol–water partition coefficient (Wildman–Crippen LogP) is 5.04. The van der Waals surface area contributed by atoms with E-state index in [0.29, 0.717) is 11.8 Å². The number of nitrogens with zero attached hydrogens (tertiary/aromatic N) is 2. The van der Waals surface area contributed by atoms with Gasteiger partial charge in [-0.2, -0.15) is 0 Å². The second kappa shape index (κ2) is 8.75. The summed E-state index contributed by atoms with van der Waals surface area (Å²) in [6, 6.07) is 7.86. The Labute approximate surface area is 175 Å². The topological polar surface area (TPSA) is 23.6 Å². The second-order valence-electron chi connectivity index (χ2n) is 10.2. The third-order valence-corrected chi connectivity index (χ3v) is 7.55.